The van der Waals surface area contributed by atoms with E-state index < -0.39 is 0 Å². The Balaban J connectivity index is 2.06. The van der Waals surface area contributed by atoms with Crippen LogP contribution in [0.1, 0.15) is 0 Å². The van der Waals surface area contributed by atoms with Crippen LogP contribution in [-0.4, -0.2) is 4.98 Å². The van der Waals surface area contributed by atoms with E-state index in [1.54, 1.807) is 30.5 Å². The predicted octanol–water partition coefficient (Wildman–Crippen LogP) is 4.51. The zero-order valence-electron chi connectivity index (χ0n) is 10.3. The third kappa shape index (κ3) is 2.32. The number of fused-ring (bicyclic) bond motifs is 1. The summed E-state index contributed by atoms with van der Waals surface area (Å²) in [6, 6.07) is 11.7. The van der Waals surface area contributed by atoms with E-state index in [4.69, 9.17) is 10.5 Å². The molecule has 20 heavy (non-hydrogen) atoms. The van der Waals surface area contributed by atoms with Crippen molar-refractivity contribution < 1.29 is 9.13 Å². The largest absolute Gasteiger partial charge is 0.457 e. The molecule has 2 aromatic carbocycles. The Morgan fingerprint density at radius 3 is 2.80 bits per heavy atom. The highest BCUT2D eigenvalue weighted by Crippen LogP contribution is 2.33. The van der Waals surface area contributed by atoms with Crippen LogP contribution in [0.4, 0.5) is 10.1 Å². The van der Waals surface area contributed by atoms with Crippen LogP contribution >= 0.6 is 15.9 Å². The van der Waals surface area contributed by atoms with Gasteiger partial charge in [0.2, 0.25) is 0 Å². The lowest BCUT2D eigenvalue weighted by Gasteiger charge is -2.10. The Bertz CT molecular complexity index is 792. The average molecular weight is 333 g/mol. The molecule has 0 radical (unpaired) electrons. The first-order valence-electron chi connectivity index (χ1n) is 5.91. The second kappa shape index (κ2) is 5.09. The van der Waals surface area contributed by atoms with Crippen LogP contribution in [-0.2, 0) is 0 Å². The first-order valence-corrected chi connectivity index (χ1v) is 6.70. The number of nitrogens with two attached hydrogens (primary N) is 1. The number of nitrogens with zero attached hydrogens (tertiary/aromatic N) is 1. The van der Waals surface area contributed by atoms with Crippen molar-refractivity contribution >= 4 is 32.5 Å². The Kier molecular flexibility index (Phi) is 3.28. The topological polar surface area (TPSA) is 48.1 Å². The normalized spacial score (nSPS) is 10.7. The van der Waals surface area contributed by atoms with E-state index in [0.717, 1.165) is 5.39 Å². The highest BCUT2D eigenvalue weighted by Gasteiger charge is 2.08. The van der Waals surface area contributed by atoms with E-state index in [9.17, 15) is 4.39 Å². The van der Waals surface area contributed by atoms with E-state index in [0.29, 0.717) is 27.2 Å². The standard InChI is InChI=1S/C15H10BrFN2O/c16-11-8-9(3-4-12(11)17)20-14-6-5-13(18)15-10(14)2-1-7-19-15/h1-8H,18H2. The smallest absolute Gasteiger partial charge is 0.137 e. The Labute approximate surface area is 123 Å². The van der Waals surface area contributed by atoms with E-state index in [2.05, 4.69) is 20.9 Å². The van der Waals surface area contributed by atoms with Gasteiger partial charge in [-0.15, -0.1) is 0 Å². The number of halogens is 2. The van der Waals surface area contributed by atoms with Crippen LogP contribution < -0.4 is 10.5 Å². The quantitative estimate of drug-likeness (QED) is 0.702. The van der Waals surface area contributed by atoms with Gasteiger partial charge in [-0.1, -0.05) is 0 Å². The van der Waals surface area contributed by atoms with Crippen molar-refractivity contribution in [2.24, 2.45) is 0 Å². The summed E-state index contributed by atoms with van der Waals surface area (Å²) in [4.78, 5) is 4.24. The van der Waals surface area contributed by atoms with E-state index in [-0.39, 0.29) is 5.82 Å². The summed E-state index contributed by atoms with van der Waals surface area (Å²) < 4.78 is 19.4. The van der Waals surface area contributed by atoms with Crippen molar-refractivity contribution in [2.45, 2.75) is 0 Å². The summed E-state index contributed by atoms with van der Waals surface area (Å²) in [6.07, 6.45) is 1.68. The molecule has 0 unspecified atom stereocenters. The average Bonchev–Trinajstić information content (AvgIpc) is 2.46. The molecule has 0 saturated carbocycles. The van der Waals surface area contributed by atoms with E-state index >= 15 is 0 Å². The highest BCUT2D eigenvalue weighted by atomic mass is 79.9. The number of rotatable bonds is 2. The molecule has 0 aliphatic heterocycles. The van der Waals surface area contributed by atoms with Gasteiger partial charge in [0, 0.05) is 11.6 Å². The lowest BCUT2D eigenvalue weighted by molar-refractivity contribution is 0.485. The molecule has 5 heteroatoms. The number of benzene rings is 2. The minimum absolute atomic E-state index is 0.332. The molecular formula is C15H10BrFN2O. The second-order valence-electron chi connectivity index (χ2n) is 4.23. The highest BCUT2D eigenvalue weighted by molar-refractivity contribution is 9.10. The second-order valence-corrected chi connectivity index (χ2v) is 5.08. The monoisotopic (exact) mass is 332 g/mol. The fraction of sp³-hybridized carbons (Fsp3) is 0. The Morgan fingerprint density at radius 1 is 1.15 bits per heavy atom. The van der Waals surface area contributed by atoms with Gasteiger partial charge in [0.15, 0.2) is 0 Å². The van der Waals surface area contributed by atoms with Gasteiger partial charge in [-0.25, -0.2) is 4.39 Å². The Morgan fingerprint density at radius 2 is 2.00 bits per heavy atom. The fourth-order valence-electron chi connectivity index (χ4n) is 1.92. The van der Waals surface area contributed by atoms with Gasteiger partial charge in [-0.05, 0) is 58.4 Å². The summed E-state index contributed by atoms with van der Waals surface area (Å²) in [7, 11) is 0. The van der Waals surface area contributed by atoms with E-state index in [1.807, 2.05) is 12.1 Å². The molecule has 0 fully saturated rings. The van der Waals surface area contributed by atoms with Crippen LogP contribution in [0.2, 0.25) is 0 Å². The molecular weight excluding hydrogens is 323 g/mol. The molecule has 0 saturated heterocycles. The van der Waals surface area contributed by atoms with Crippen molar-refractivity contribution in [1.82, 2.24) is 4.98 Å². The summed E-state index contributed by atoms with van der Waals surface area (Å²) in [5.74, 6) is 0.829. The first kappa shape index (κ1) is 12.9. The van der Waals surface area contributed by atoms with Gasteiger partial charge in [-0.3, -0.25) is 4.98 Å². The molecule has 2 N–H and O–H groups in total. The molecule has 0 amide bonds. The zero-order chi connectivity index (χ0) is 14.1. The molecule has 3 rings (SSSR count). The van der Waals surface area contributed by atoms with Gasteiger partial charge in [-0.2, -0.15) is 0 Å². The molecule has 0 aliphatic carbocycles. The minimum Gasteiger partial charge on any atom is -0.457 e. The molecule has 3 nitrogen and oxygen atoms in total. The van der Waals surface area contributed by atoms with Crippen LogP contribution in [0, 0.1) is 5.82 Å². The van der Waals surface area contributed by atoms with Crippen molar-refractivity contribution in [3.8, 4) is 11.5 Å². The number of ether oxygens (including phenoxy) is 1. The maximum Gasteiger partial charge on any atom is 0.137 e. The van der Waals surface area contributed by atoms with Gasteiger partial charge < -0.3 is 10.5 Å². The number of pyridine rings is 1. The molecule has 0 aliphatic rings. The Hall–Kier alpha value is -2.14. The number of nitrogen functional groups attached to an aromatic ring is 1. The van der Waals surface area contributed by atoms with Gasteiger partial charge in [0.05, 0.1) is 15.7 Å². The SMILES string of the molecule is Nc1ccc(Oc2ccc(F)c(Br)c2)c2cccnc12. The number of aromatic nitrogens is 1. The summed E-state index contributed by atoms with van der Waals surface area (Å²) in [5.41, 5.74) is 7.16. The minimum atomic E-state index is -0.332. The van der Waals surface area contributed by atoms with Crippen molar-refractivity contribution in [2.75, 3.05) is 5.73 Å². The van der Waals surface area contributed by atoms with Gasteiger partial charge in [0.25, 0.3) is 0 Å². The van der Waals surface area contributed by atoms with Crippen LogP contribution in [0.25, 0.3) is 10.9 Å². The van der Waals surface area contributed by atoms with Crippen LogP contribution in [0.3, 0.4) is 0 Å². The van der Waals surface area contributed by atoms with E-state index in [1.165, 1.54) is 6.07 Å². The third-order valence-electron chi connectivity index (χ3n) is 2.88. The van der Waals surface area contributed by atoms with Crippen molar-refractivity contribution in [3.63, 3.8) is 0 Å². The molecule has 100 valence electrons. The molecule has 0 bridgehead atoms. The van der Waals surface area contributed by atoms with Gasteiger partial charge in [0.1, 0.15) is 17.3 Å². The van der Waals surface area contributed by atoms with Crippen molar-refractivity contribution in [3.05, 3.63) is 59.0 Å². The molecule has 3 aromatic rings. The van der Waals surface area contributed by atoms with Gasteiger partial charge >= 0.3 is 0 Å². The van der Waals surface area contributed by atoms with Crippen LogP contribution in [0.5, 0.6) is 11.5 Å². The molecule has 1 aromatic heterocycles. The summed E-state index contributed by atoms with van der Waals surface area (Å²) in [6.45, 7) is 0. The predicted molar refractivity (Wildman–Crippen MR) is 80.3 cm³/mol. The number of anilines is 1. The lowest BCUT2D eigenvalue weighted by atomic mass is 10.1. The fourth-order valence-corrected chi connectivity index (χ4v) is 2.28. The zero-order valence-corrected chi connectivity index (χ0v) is 11.9. The van der Waals surface area contributed by atoms with Crippen molar-refractivity contribution in [1.29, 1.82) is 0 Å². The summed E-state index contributed by atoms with van der Waals surface area (Å²) in [5, 5.41) is 0.813. The summed E-state index contributed by atoms with van der Waals surface area (Å²) >= 11 is 3.13. The first-order chi connectivity index (χ1) is 9.65. The number of hydrogen-bond donors (Lipinski definition) is 1. The molecule has 0 spiro atoms. The third-order valence-corrected chi connectivity index (χ3v) is 3.49. The maximum atomic E-state index is 13.2. The number of hydrogen-bond acceptors (Lipinski definition) is 3. The lowest BCUT2D eigenvalue weighted by Crippen LogP contribution is -1.92. The molecule has 1 heterocycles. The molecule has 0 atom stereocenters. The van der Waals surface area contributed by atoms with Crippen LogP contribution in [0.15, 0.2) is 53.1 Å². The maximum absolute atomic E-state index is 13.2.